The number of hydrogen-bond donors (Lipinski definition) is 0. The number of carbonyl (C=O) groups is 1. The Morgan fingerprint density at radius 2 is 1.69 bits per heavy atom. The van der Waals surface area contributed by atoms with Gasteiger partial charge in [-0.25, -0.2) is 28.5 Å². The van der Waals surface area contributed by atoms with Crippen LogP contribution in [0.5, 0.6) is 0 Å². The number of benzene rings is 2. The van der Waals surface area contributed by atoms with Crippen LogP contribution in [0.4, 0.5) is 19.4 Å². The highest BCUT2D eigenvalue weighted by Gasteiger charge is 2.50. The molecule has 5 heterocycles. The number of amides is 1. The van der Waals surface area contributed by atoms with Gasteiger partial charge in [0, 0.05) is 17.5 Å². The molecule has 0 unspecified atom stereocenters. The lowest BCUT2D eigenvalue weighted by atomic mass is 9.92. The fourth-order valence-electron chi connectivity index (χ4n) is 9.95. The van der Waals surface area contributed by atoms with Crippen LogP contribution in [0.2, 0.25) is 16.6 Å². The number of ether oxygens (including phenoxy) is 1. The van der Waals surface area contributed by atoms with Gasteiger partial charge in [0.1, 0.15) is 36.5 Å². The molecule has 0 N–H and O–H groups in total. The topological polar surface area (TPSA) is 71.5 Å². The molecule has 0 radical (unpaired) electrons. The number of pyridine rings is 1. The van der Waals surface area contributed by atoms with E-state index in [-0.39, 0.29) is 35.4 Å². The summed E-state index contributed by atoms with van der Waals surface area (Å²) in [4.78, 5) is 32.9. The summed E-state index contributed by atoms with van der Waals surface area (Å²) in [5.74, 6) is 3.83. The molecule has 2 fully saturated rings. The van der Waals surface area contributed by atoms with E-state index < -0.39 is 25.3 Å². The maximum atomic E-state index is 17.5. The zero-order valence-corrected chi connectivity index (χ0v) is 35.8. The van der Waals surface area contributed by atoms with Gasteiger partial charge in [0.15, 0.2) is 11.0 Å². The second-order valence-electron chi connectivity index (χ2n) is 17.5. The van der Waals surface area contributed by atoms with E-state index in [0.717, 1.165) is 42.5 Å². The molecule has 3 aliphatic rings. The number of anilines is 1. The molecule has 1 amide bonds. The summed E-state index contributed by atoms with van der Waals surface area (Å²) < 4.78 is 39.5. The van der Waals surface area contributed by atoms with Crippen LogP contribution in [0.15, 0.2) is 35.5 Å². The number of nitrogens with zero attached hydrogens (tertiary/aromatic N) is 5. The van der Waals surface area contributed by atoms with Crippen LogP contribution in [0.3, 0.4) is 0 Å². The number of thioether (sulfide) groups is 1. The van der Waals surface area contributed by atoms with Crippen LogP contribution >= 0.6 is 11.8 Å². The Kier molecular flexibility index (Phi) is 10.7. The first-order chi connectivity index (χ1) is 26.1. The highest BCUT2D eigenvalue weighted by Crippen LogP contribution is 2.45. The third kappa shape index (κ3) is 6.89. The normalized spacial score (nSPS) is 19.9. The molecule has 292 valence electrons. The Balaban J connectivity index is 1.42. The molecule has 4 aromatic rings. The zero-order chi connectivity index (χ0) is 39.6. The SMILES string of the molecule is CCSc1nc2c3c(nc(-c4cccc5ccc(F)c(C#C[Si](C(C)C)(C(C)C)C(C)C)c45)c(F)c3n1)CCC[C@@H]1[C@@H]3CC[C@H](CN21)N3C(=O)OC(C)(C)C. The van der Waals surface area contributed by atoms with Crippen molar-refractivity contribution < 1.29 is 18.3 Å². The predicted octanol–water partition coefficient (Wildman–Crippen LogP) is 11.1. The lowest BCUT2D eigenvalue weighted by Crippen LogP contribution is -2.62. The summed E-state index contributed by atoms with van der Waals surface area (Å²) >= 11 is 1.48. The van der Waals surface area contributed by atoms with Crippen LogP contribution in [-0.4, -0.2) is 70.0 Å². The molecule has 0 aliphatic carbocycles. The van der Waals surface area contributed by atoms with E-state index in [1.54, 1.807) is 6.07 Å². The van der Waals surface area contributed by atoms with Gasteiger partial charge in [-0.15, -0.1) is 5.54 Å². The summed E-state index contributed by atoms with van der Waals surface area (Å²) in [7, 11) is -2.21. The molecule has 2 aromatic heterocycles. The van der Waals surface area contributed by atoms with Gasteiger partial charge in [0.2, 0.25) is 0 Å². The van der Waals surface area contributed by atoms with E-state index in [4.69, 9.17) is 19.7 Å². The first-order valence-electron chi connectivity index (χ1n) is 20.1. The highest BCUT2D eigenvalue weighted by atomic mass is 32.2. The average Bonchev–Trinajstić information content (AvgIpc) is 3.44. The Labute approximate surface area is 330 Å². The Morgan fingerprint density at radius 1 is 0.964 bits per heavy atom. The van der Waals surface area contributed by atoms with E-state index in [9.17, 15) is 4.79 Å². The van der Waals surface area contributed by atoms with Crippen LogP contribution in [-0.2, 0) is 11.2 Å². The molecule has 55 heavy (non-hydrogen) atoms. The first-order valence-corrected chi connectivity index (χ1v) is 23.3. The average molecular weight is 784 g/mol. The Morgan fingerprint density at radius 3 is 2.36 bits per heavy atom. The molecule has 0 saturated carbocycles. The summed E-state index contributed by atoms with van der Waals surface area (Å²) in [5, 5.41) is 2.49. The summed E-state index contributed by atoms with van der Waals surface area (Å²) in [6.07, 6.45) is 3.68. The van der Waals surface area contributed by atoms with Crippen LogP contribution in [0.1, 0.15) is 106 Å². The molecule has 7 nitrogen and oxygen atoms in total. The van der Waals surface area contributed by atoms with E-state index in [0.29, 0.717) is 62.5 Å². The van der Waals surface area contributed by atoms with Gasteiger partial charge in [-0.3, -0.25) is 4.90 Å². The highest BCUT2D eigenvalue weighted by molar-refractivity contribution is 7.99. The van der Waals surface area contributed by atoms with Gasteiger partial charge in [-0.2, -0.15) is 0 Å². The van der Waals surface area contributed by atoms with Crippen molar-refractivity contribution in [3.05, 3.63) is 53.2 Å². The number of rotatable bonds is 6. The summed E-state index contributed by atoms with van der Waals surface area (Å²) in [6.45, 7) is 21.8. The van der Waals surface area contributed by atoms with Crippen molar-refractivity contribution in [2.24, 2.45) is 0 Å². The Bertz CT molecular complexity index is 2190. The van der Waals surface area contributed by atoms with E-state index in [1.165, 1.54) is 17.8 Å². The standard InChI is InChI=1S/C44H55F2N5O2SSi/c1-11-54-42-48-40-37-33(16-13-17-34-35-21-19-29(24-50(34)41(37)49-42)51(35)43(52)53-44(8,9)10)47-39(38(40)46)31-15-12-14-28-18-20-32(45)30(36(28)31)22-23-55(25(2)3,26(4)5)27(6)7/h12,14-15,18,20,25-27,29,34-35H,11,13,16-17,19,21,24H2,1-10H3/t29-,34-,35+/m1/s1. The number of fused-ring (bicyclic) bond motifs is 6. The predicted molar refractivity (Wildman–Crippen MR) is 223 cm³/mol. The molecule has 2 aromatic carbocycles. The van der Waals surface area contributed by atoms with Crippen LogP contribution < -0.4 is 4.90 Å². The van der Waals surface area contributed by atoms with Gasteiger partial charge in [-0.05, 0) is 86.7 Å². The number of carbonyl (C=O) groups excluding carboxylic acids is 1. The van der Waals surface area contributed by atoms with E-state index in [2.05, 4.69) is 57.9 Å². The molecule has 3 atom stereocenters. The van der Waals surface area contributed by atoms with Crippen molar-refractivity contribution in [2.45, 2.75) is 147 Å². The molecule has 2 saturated heterocycles. The van der Waals surface area contributed by atoms with E-state index >= 15 is 8.78 Å². The van der Waals surface area contributed by atoms with Gasteiger partial charge in [-0.1, -0.05) is 90.4 Å². The van der Waals surface area contributed by atoms with Crippen molar-refractivity contribution in [3.8, 4) is 22.7 Å². The fourth-order valence-corrected chi connectivity index (χ4v) is 15.7. The minimum atomic E-state index is -2.21. The minimum absolute atomic E-state index is 0.0000874. The number of aryl methyl sites for hydroxylation is 1. The third-order valence-electron chi connectivity index (χ3n) is 12.2. The van der Waals surface area contributed by atoms with Crippen molar-refractivity contribution >= 4 is 53.4 Å². The van der Waals surface area contributed by atoms with Gasteiger partial charge >= 0.3 is 6.09 Å². The van der Waals surface area contributed by atoms with Crippen LogP contribution in [0.25, 0.3) is 32.9 Å². The summed E-state index contributed by atoms with van der Waals surface area (Å²) in [6, 6.07) is 8.79. The number of piperazine rings is 1. The van der Waals surface area contributed by atoms with Crippen molar-refractivity contribution in [3.63, 3.8) is 0 Å². The fraction of sp³-hybridized carbons (Fsp3) is 0.545. The molecular weight excluding hydrogens is 729 g/mol. The Hall–Kier alpha value is -3.75. The number of aromatic nitrogens is 3. The molecule has 2 bridgehead atoms. The third-order valence-corrected chi connectivity index (χ3v) is 19.2. The molecule has 11 heteroatoms. The molecule has 0 spiro atoms. The quantitative estimate of drug-likeness (QED) is 0.0834. The monoisotopic (exact) mass is 783 g/mol. The first kappa shape index (κ1) is 39.5. The van der Waals surface area contributed by atoms with Crippen molar-refractivity contribution in [2.75, 3.05) is 17.2 Å². The number of hydrogen-bond acceptors (Lipinski definition) is 7. The van der Waals surface area contributed by atoms with Crippen molar-refractivity contribution in [1.29, 1.82) is 0 Å². The second kappa shape index (κ2) is 15.0. The maximum absolute atomic E-state index is 17.5. The van der Waals surface area contributed by atoms with Crippen LogP contribution in [0, 0.1) is 23.1 Å². The van der Waals surface area contributed by atoms with Gasteiger partial charge < -0.3 is 9.64 Å². The lowest BCUT2D eigenvalue weighted by molar-refractivity contribution is 0.00700. The largest absolute Gasteiger partial charge is 0.444 e. The number of halogens is 2. The summed E-state index contributed by atoms with van der Waals surface area (Å²) in [5.41, 5.74) is 6.17. The lowest BCUT2D eigenvalue weighted by Gasteiger charge is -2.48. The van der Waals surface area contributed by atoms with Gasteiger partial charge in [0.05, 0.1) is 34.8 Å². The minimum Gasteiger partial charge on any atom is -0.444 e. The van der Waals surface area contributed by atoms with Gasteiger partial charge in [0.25, 0.3) is 0 Å². The maximum Gasteiger partial charge on any atom is 0.410 e. The molecule has 3 aliphatic heterocycles. The molecule has 7 rings (SSSR count). The smallest absolute Gasteiger partial charge is 0.410 e. The van der Waals surface area contributed by atoms with Crippen molar-refractivity contribution in [1.82, 2.24) is 19.9 Å². The second-order valence-corrected chi connectivity index (χ2v) is 24.3. The zero-order valence-electron chi connectivity index (χ0n) is 34.0. The molecular formula is C44H55F2N5O2SSi. The van der Waals surface area contributed by atoms with E-state index in [1.807, 2.05) is 50.8 Å².